The molecule has 0 saturated carbocycles. The second-order valence-electron chi connectivity index (χ2n) is 0.942. The molecule has 1 atom stereocenters. The van der Waals surface area contributed by atoms with Crippen molar-refractivity contribution >= 4 is 16.8 Å². The normalized spacial score (nSPS) is 12.9. The predicted molar refractivity (Wildman–Crippen MR) is 26.0 cm³/mol. The van der Waals surface area contributed by atoms with E-state index in [2.05, 4.69) is 18.2 Å². The summed E-state index contributed by atoms with van der Waals surface area (Å²) in [5.41, 5.74) is 0. The summed E-state index contributed by atoms with van der Waals surface area (Å²) in [6.45, 7) is 3.00. The molecule has 0 fully saturated rings. The Morgan fingerprint density at radius 1 is 2.00 bits per heavy atom. The molecule has 0 aromatic rings. The molecule has 1 unspecified atom stereocenters. The fraction of sp³-hybridized carbons (Fsp3) is 0.250. The van der Waals surface area contributed by atoms with Gasteiger partial charge in [0.25, 0.3) is 5.24 Å². The molecule has 0 aromatic carbocycles. The maximum atomic E-state index is 11.7. The molecule has 0 N–H and O–H groups in total. The lowest BCUT2D eigenvalue weighted by Gasteiger charge is -1.86. The van der Waals surface area contributed by atoms with Gasteiger partial charge in [-0.3, -0.25) is 4.79 Å². The SMILES string of the molecule is C=CC(F)C(=O)Cl. The zero-order chi connectivity index (χ0) is 5.86. The van der Waals surface area contributed by atoms with Gasteiger partial charge in [0.05, 0.1) is 0 Å². The number of rotatable bonds is 2. The van der Waals surface area contributed by atoms with Gasteiger partial charge in [-0.1, -0.05) is 6.58 Å². The van der Waals surface area contributed by atoms with Crippen LogP contribution in [0.4, 0.5) is 4.39 Å². The average Bonchev–Trinajstić information content (AvgIpc) is 1.65. The van der Waals surface area contributed by atoms with E-state index in [4.69, 9.17) is 0 Å². The Balaban J connectivity index is 3.55. The lowest BCUT2D eigenvalue weighted by atomic mass is 10.4. The molecule has 0 radical (unpaired) electrons. The lowest BCUT2D eigenvalue weighted by molar-refractivity contribution is -0.114. The fourth-order valence-corrected chi connectivity index (χ4v) is 0.182. The Bertz CT molecular complexity index is 91.7. The van der Waals surface area contributed by atoms with Crippen LogP contribution in [0.3, 0.4) is 0 Å². The van der Waals surface area contributed by atoms with Gasteiger partial charge in [0.2, 0.25) is 0 Å². The van der Waals surface area contributed by atoms with Crippen LogP contribution in [0.2, 0.25) is 0 Å². The largest absolute Gasteiger partial charge is 0.278 e. The molecule has 0 heterocycles. The molecule has 0 bridgehead atoms. The summed E-state index contributed by atoms with van der Waals surface area (Å²) in [5, 5.41) is -1.02. The number of alkyl halides is 1. The van der Waals surface area contributed by atoms with Crippen molar-refractivity contribution in [3.8, 4) is 0 Å². The highest BCUT2D eigenvalue weighted by Crippen LogP contribution is 1.95. The highest BCUT2D eigenvalue weighted by molar-refractivity contribution is 6.64. The third-order valence-corrected chi connectivity index (χ3v) is 0.632. The Kier molecular flexibility index (Phi) is 2.60. The molecule has 0 aliphatic carbocycles. The van der Waals surface area contributed by atoms with E-state index in [9.17, 15) is 9.18 Å². The molecule has 0 saturated heterocycles. The molecule has 0 aliphatic heterocycles. The smallest absolute Gasteiger partial charge is 0.259 e. The van der Waals surface area contributed by atoms with Crippen LogP contribution in [0.25, 0.3) is 0 Å². The van der Waals surface area contributed by atoms with E-state index in [1.165, 1.54) is 0 Å². The molecule has 0 aromatic heterocycles. The maximum Gasteiger partial charge on any atom is 0.259 e. The van der Waals surface area contributed by atoms with Gasteiger partial charge >= 0.3 is 0 Å². The van der Waals surface area contributed by atoms with Gasteiger partial charge in [-0.2, -0.15) is 0 Å². The van der Waals surface area contributed by atoms with Gasteiger partial charge in [0.15, 0.2) is 6.17 Å². The fourth-order valence-electron chi connectivity index (χ4n) is 0.0927. The number of hydrogen-bond acceptors (Lipinski definition) is 1. The molecule has 0 aliphatic rings. The average molecular weight is 123 g/mol. The first-order valence-corrected chi connectivity index (χ1v) is 2.02. The Morgan fingerprint density at radius 3 is 2.43 bits per heavy atom. The maximum absolute atomic E-state index is 11.7. The van der Waals surface area contributed by atoms with Crippen molar-refractivity contribution < 1.29 is 9.18 Å². The van der Waals surface area contributed by atoms with Gasteiger partial charge < -0.3 is 0 Å². The summed E-state index contributed by atoms with van der Waals surface area (Å²) < 4.78 is 11.7. The molecule has 7 heavy (non-hydrogen) atoms. The molecular weight excluding hydrogens is 118 g/mol. The van der Waals surface area contributed by atoms with Crippen LogP contribution < -0.4 is 0 Å². The van der Waals surface area contributed by atoms with Gasteiger partial charge in [-0.05, 0) is 17.7 Å². The summed E-state index contributed by atoms with van der Waals surface area (Å²) in [5.74, 6) is 0. The summed E-state index contributed by atoms with van der Waals surface area (Å²) >= 11 is 4.64. The molecule has 1 nitrogen and oxygen atoms in total. The monoisotopic (exact) mass is 122 g/mol. The molecule has 0 amide bonds. The molecule has 0 rings (SSSR count). The first-order chi connectivity index (χ1) is 3.18. The van der Waals surface area contributed by atoms with E-state index < -0.39 is 11.4 Å². The second kappa shape index (κ2) is 2.75. The number of hydrogen-bond donors (Lipinski definition) is 0. The summed E-state index contributed by atoms with van der Waals surface area (Å²) in [6.07, 6.45) is -0.864. The van der Waals surface area contributed by atoms with Crippen LogP contribution in [0, 0.1) is 0 Å². The van der Waals surface area contributed by atoms with Crippen molar-refractivity contribution in [3.63, 3.8) is 0 Å². The molecular formula is C4H4ClFO. The van der Waals surface area contributed by atoms with Gasteiger partial charge in [-0.25, -0.2) is 4.39 Å². The zero-order valence-electron chi connectivity index (χ0n) is 3.53. The van der Waals surface area contributed by atoms with E-state index in [0.717, 1.165) is 6.08 Å². The van der Waals surface area contributed by atoms with Crippen LogP contribution >= 0.6 is 11.6 Å². The highest BCUT2D eigenvalue weighted by atomic mass is 35.5. The van der Waals surface area contributed by atoms with E-state index >= 15 is 0 Å². The Hall–Kier alpha value is -0.370. The van der Waals surface area contributed by atoms with Crippen molar-refractivity contribution in [2.75, 3.05) is 0 Å². The van der Waals surface area contributed by atoms with Gasteiger partial charge in [-0.15, -0.1) is 0 Å². The van der Waals surface area contributed by atoms with Crippen LogP contribution in [0.15, 0.2) is 12.7 Å². The van der Waals surface area contributed by atoms with Crippen LogP contribution in [-0.2, 0) is 4.79 Å². The quantitative estimate of drug-likeness (QED) is 0.398. The van der Waals surface area contributed by atoms with E-state index in [0.29, 0.717) is 0 Å². The van der Waals surface area contributed by atoms with Crippen LogP contribution in [-0.4, -0.2) is 11.4 Å². The van der Waals surface area contributed by atoms with Crippen molar-refractivity contribution in [2.45, 2.75) is 6.17 Å². The minimum atomic E-state index is -1.71. The van der Waals surface area contributed by atoms with Crippen molar-refractivity contribution in [2.24, 2.45) is 0 Å². The van der Waals surface area contributed by atoms with E-state index in [1.54, 1.807) is 0 Å². The van der Waals surface area contributed by atoms with Crippen molar-refractivity contribution in [1.82, 2.24) is 0 Å². The van der Waals surface area contributed by atoms with Crippen molar-refractivity contribution in [1.29, 1.82) is 0 Å². The number of carbonyl (C=O) groups is 1. The van der Waals surface area contributed by atoms with Gasteiger partial charge in [0, 0.05) is 0 Å². The minimum Gasteiger partial charge on any atom is -0.278 e. The summed E-state index contributed by atoms with van der Waals surface area (Å²) in [6, 6.07) is 0. The number of halogens is 2. The number of carbonyl (C=O) groups excluding carboxylic acids is 1. The number of allylic oxidation sites excluding steroid dienone is 1. The molecule has 0 spiro atoms. The first kappa shape index (κ1) is 6.63. The second-order valence-corrected chi connectivity index (χ2v) is 1.31. The lowest BCUT2D eigenvalue weighted by Crippen LogP contribution is -2.02. The van der Waals surface area contributed by atoms with Crippen LogP contribution in [0.1, 0.15) is 0 Å². The minimum absolute atomic E-state index is 0.843. The van der Waals surface area contributed by atoms with Crippen molar-refractivity contribution in [3.05, 3.63) is 12.7 Å². The first-order valence-electron chi connectivity index (χ1n) is 1.64. The highest BCUT2D eigenvalue weighted by Gasteiger charge is 2.06. The van der Waals surface area contributed by atoms with E-state index in [-0.39, 0.29) is 0 Å². The van der Waals surface area contributed by atoms with Crippen LogP contribution in [0.5, 0.6) is 0 Å². The zero-order valence-corrected chi connectivity index (χ0v) is 4.28. The third-order valence-electron chi connectivity index (χ3n) is 0.424. The third kappa shape index (κ3) is 2.34. The molecule has 3 heteroatoms. The topological polar surface area (TPSA) is 17.1 Å². The predicted octanol–water partition coefficient (Wildman–Crippen LogP) is 1.28. The summed E-state index contributed by atoms with van der Waals surface area (Å²) in [7, 11) is 0. The Labute approximate surface area is 45.8 Å². The van der Waals surface area contributed by atoms with Gasteiger partial charge in [0.1, 0.15) is 0 Å². The van der Waals surface area contributed by atoms with E-state index in [1.807, 2.05) is 0 Å². The molecule has 40 valence electrons. The summed E-state index contributed by atoms with van der Waals surface area (Å²) in [4.78, 5) is 9.69. The standard InChI is InChI=1S/C4H4ClFO/c1-2-3(6)4(5)7/h2-3H,1H2. The Morgan fingerprint density at radius 2 is 2.43 bits per heavy atom.